The Morgan fingerprint density at radius 3 is 2.12 bits per heavy atom. The molecule has 0 saturated carbocycles. The van der Waals surface area contributed by atoms with Crippen molar-refractivity contribution >= 4 is 11.8 Å². The van der Waals surface area contributed by atoms with E-state index in [4.69, 9.17) is 0 Å². The van der Waals surface area contributed by atoms with E-state index in [1.807, 2.05) is 18.8 Å². The van der Waals surface area contributed by atoms with Gasteiger partial charge in [-0.3, -0.25) is 0 Å². The van der Waals surface area contributed by atoms with Crippen LogP contribution in [0, 0.1) is 5.92 Å². The minimum absolute atomic E-state index is 0.151. The lowest BCUT2D eigenvalue weighted by Crippen LogP contribution is -2.43. The summed E-state index contributed by atoms with van der Waals surface area (Å²) in [4.78, 5) is 0. The number of hydrogen-bond acceptors (Lipinski definition) is 2. The minimum atomic E-state index is 0.151. The Morgan fingerprint density at radius 2 is 1.81 bits per heavy atom. The van der Waals surface area contributed by atoms with Crippen molar-refractivity contribution < 1.29 is 0 Å². The van der Waals surface area contributed by atoms with Crippen molar-refractivity contribution in [3.8, 4) is 0 Å². The van der Waals surface area contributed by atoms with Gasteiger partial charge in [0.15, 0.2) is 0 Å². The lowest BCUT2D eigenvalue weighted by molar-refractivity contribution is 0.520. The van der Waals surface area contributed by atoms with Crippen LogP contribution in [0.1, 0.15) is 34.6 Å². The van der Waals surface area contributed by atoms with Crippen LogP contribution in [0.4, 0.5) is 0 Å². The van der Waals surface area contributed by atoms with Gasteiger partial charge in [-0.25, -0.2) is 0 Å². The van der Waals surface area contributed by atoms with Crippen LogP contribution in [0.25, 0.3) is 0 Å². The first-order valence-corrected chi connectivity index (χ1v) is 6.85. The Morgan fingerprint density at radius 1 is 1.31 bits per heavy atom. The molecular formula is C14H27NS. The number of thioether (sulfide) groups is 1. The van der Waals surface area contributed by atoms with Crippen molar-refractivity contribution in [3.05, 3.63) is 24.3 Å². The summed E-state index contributed by atoms with van der Waals surface area (Å²) >= 11 is 1.95. The monoisotopic (exact) mass is 241 g/mol. The molecule has 0 fully saturated rings. The maximum absolute atomic E-state index is 4.12. The molecule has 0 rings (SSSR count). The number of nitrogens with one attached hydrogen (secondary N) is 1. The van der Waals surface area contributed by atoms with Gasteiger partial charge in [0.25, 0.3) is 0 Å². The van der Waals surface area contributed by atoms with Crippen LogP contribution in [-0.2, 0) is 0 Å². The van der Waals surface area contributed by atoms with Crippen molar-refractivity contribution in [2.45, 2.75) is 45.4 Å². The van der Waals surface area contributed by atoms with Crippen LogP contribution >= 0.6 is 11.8 Å². The SMILES string of the molecule is C=C(CSC(C)(C)C(NC)C(=C)C)C(C)C. The standard InChI is InChI=1S/C14H27NS/c1-10(2)12(5)9-16-14(6,7)13(15-8)11(3)4/h10,13,15H,3,5,9H2,1-2,4,6-8H3. The van der Waals surface area contributed by atoms with E-state index in [-0.39, 0.29) is 4.75 Å². The van der Waals surface area contributed by atoms with Gasteiger partial charge in [0.05, 0.1) is 0 Å². The maximum atomic E-state index is 4.12. The molecule has 0 aliphatic carbocycles. The first kappa shape index (κ1) is 15.8. The Labute approximate surface area is 106 Å². The molecule has 0 saturated heterocycles. The van der Waals surface area contributed by atoms with E-state index < -0.39 is 0 Å². The number of hydrogen-bond donors (Lipinski definition) is 1. The molecule has 16 heavy (non-hydrogen) atoms. The van der Waals surface area contributed by atoms with Crippen molar-refractivity contribution in [1.29, 1.82) is 0 Å². The number of rotatable bonds is 7. The maximum Gasteiger partial charge on any atom is 0.0415 e. The molecule has 0 aliphatic rings. The van der Waals surface area contributed by atoms with E-state index in [0.717, 1.165) is 5.75 Å². The molecule has 0 radical (unpaired) electrons. The molecule has 0 bridgehead atoms. The third kappa shape index (κ3) is 4.75. The van der Waals surface area contributed by atoms with E-state index in [0.29, 0.717) is 12.0 Å². The smallest absolute Gasteiger partial charge is 0.0415 e. The second-order valence-corrected chi connectivity index (χ2v) is 6.90. The Kier molecular flexibility index (Phi) is 6.42. The van der Waals surface area contributed by atoms with E-state index in [9.17, 15) is 0 Å². The van der Waals surface area contributed by atoms with E-state index in [2.05, 4.69) is 53.1 Å². The molecule has 1 unspecified atom stereocenters. The summed E-state index contributed by atoms with van der Waals surface area (Å²) in [5.41, 5.74) is 2.50. The molecule has 1 nitrogen and oxygen atoms in total. The van der Waals surface area contributed by atoms with Crippen LogP contribution in [0.15, 0.2) is 24.3 Å². The highest BCUT2D eigenvalue weighted by Crippen LogP contribution is 2.33. The van der Waals surface area contributed by atoms with Crippen molar-refractivity contribution in [2.24, 2.45) is 5.92 Å². The van der Waals surface area contributed by atoms with Gasteiger partial charge < -0.3 is 5.32 Å². The molecule has 0 aromatic carbocycles. The predicted molar refractivity (Wildman–Crippen MR) is 78.2 cm³/mol. The van der Waals surface area contributed by atoms with Gasteiger partial charge in [0, 0.05) is 16.5 Å². The summed E-state index contributed by atoms with van der Waals surface area (Å²) in [5.74, 6) is 1.59. The highest BCUT2D eigenvalue weighted by molar-refractivity contribution is 8.00. The summed E-state index contributed by atoms with van der Waals surface area (Å²) in [6.45, 7) is 19.2. The zero-order valence-electron chi connectivity index (χ0n) is 11.7. The zero-order chi connectivity index (χ0) is 12.9. The van der Waals surface area contributed by atoms with Gasteiger partial charge in [0.1, 0.15) is 0 Å². The first-order chi connectivity index (χ1) is 7.22. The first-order valence-electron chi connectivity index (χ1n) is 5.86. The van der Waals surface area contributed by atoms with E-state index in [1.165, 1.54) is 11.1 Å². The molecule has 0 amide bonds. The van der Waals surface area contributed by atoms with Crippen molar-refractivity contribution in [3.63, 3.8) is 0 Å². The minimum Gasteiger partial charge on any atom is -0.312 e. The quantitative estimate of drug-likeness (QED) is 0.679. The lowest BCUT2D eigenvalue weighted by atomic mass is 9.97. The van der Waals surface area contributed by atoms with Gasteiger partial charge in [-0.15, -0.1) is 11.8 Å². The summed E-state index contributed by atoms with van der Waals surface area (Å²) in [7, 11) is 2.00. The fourth-order valence-corrected chi connectivity index (χ4v) is 3.09. The molecule has 0 spiro atoms. The predicted octanol–water partition coefficient (Wildman–Crippen LogP) is 3.87. The molecular weight excluding hydrogens is 214 g/mol. The van der Waals surface area contributed by atoms with Gasteiger partial charge in [-0.1, -0.05) is 38.2 Å². The fraction of sp³-hybridized carbons (Fsp3) is 0.714. The Balaban J connectivity index is 4.44. The van der Waals surface area contributed by atoms with E-state index in [1.54, 1.807) is 0 Å². The second kappa shape index (κ2) is 6.51. The molecule has 1 N–H and O–H groups in total. The Bertz CT molecular complexity index is 253. The average molecular weight is 241 g/mol. The van der Waals surface area contributed by atoms with Crippen LogP contribution in [0.5, 0.6) is 0 Å². The summed E-state index contributed by atoms with van der Waals surface area (Å²) in [5, 5.41) is 3.34. The molecule has 0 aliphatic heterocycles. The molecule has 1 atom stereocenters. The normalized spacial score (nSPS) is 13.9. The third-order valence-electron chi connectivity index (χ3n) is 2.92. The second-order valence-electron chi connectivity index (χ2n) is 5.27. The topological polar surface area (TPSA) is 12.0 Å². The van der Waals surface area contributed by atoms with Gasteiger partial charge in [0.2, 0.25) is 0 Å². The fourth-order valence-electron chi connectivity index (χ4n) is 1.72. The lowest BCUT2D eigenvalue weighted by Gasteiger charge is -2.34. The average Bonchev–Trinajstić information content (AvgIpc) is 2.13. The summed E-state index contributed by atoms with van der Waals surface area (Å²) in [6, 6.07) is 0.345. The van der Waals surface area contributed by atoms with Crippen LogP contribution < -0.4 is 5.32 Å². The van der Waals surface area contributed by atoms with E-state index >= 15 is 0 Å². The van der Waals surface area contributed by atoms with Crippen LogP contribution in [0.2, 0.25) is 0 Å². The van der Waals surface area contributed by atoms with Crippen molar-refractivity contribution in [1.82, 2.24) is 5.32 Å². The van der Waals surface area contributed by atoms with Crippen LogP contribution in [-0.4, -0.2) is 23.6 Å². The summed E-state index contributed by atoms with van der Waals surface area (Å²) in [6.07, 6.45) is 0. The number of likely N-dealkylation sites (N-methyl/N-ethyl adjacent to an activating group) is 1. The third-order valence-corrected chi connectivity index (χ3v) is 4.42. The van der Waals surface area contributed by atoms with Gasteiger partial charge in [-0.2, -0.15) is 0 Å². The molecule has 2 heteroatoms. The largest absolute Gasteiger partial charge is 0.312 e. The molecule has 0 aromatic rings. The molecule has 0 heterocycles. The Hall–Kier alpha value is -0.210. The molecule has 0 aromatic heterocycles. The van der Waals surface area contributed by atoms with Gasteiger partial charge >= 0.3 is 0 Å². The zero-order valence-corrected chi connectivity index (χ0v) is 12.5. The highest BCUT2D eigenvalue weighted by atomic mass is 32.2. The summed E-state index contributed by atoms with van der Waals surface area (Å²) < 4.78 is 0.151. The molecule has 94 valence electrons. The highest BCUT2D eigenvalue weighted by Gasteiger charge is 2.29. The van der Waals surface area contributed by atoms with Crippen LogP contribution in [0.3, 0.4) is 0 Å². The van der Waals surface area contributed by atoms with Crippen molar-refractivity contribution in [2.75, 3.05) is 12.8 Å². The van der Waals surface area contributed by atoms with Gasteiger partial charge in [-0.05, 0) is 33.7 Å².